The molecule has 1 aromatic carbocycles. The molecule has 5 heteroatoms. The summed E-state index contributed by atoms with van der Waals surface area (Å²) in [6, 6.07) is 10.1. The molecule has 1 aliphatic rings. The Morgan fingerprint density at radius 3 is 2.47 bits per heavy atom. The highest BCUT2D eigenvalue weighted by atomic mass is 16.4. The lowest BCUT2D eigenvalue weighted by Crippen LogP contribution is -2.23. The molecule has 0 heterocycles. The number of hydrogen-bond acceptors (Lipinski definition) is 4. The Morgan fingerprint density at radius 1 is 1.00 bits per heavy atom. The maximum atomic E-state index is 10.5. The lowest BCUT2D eigenvalue weighted by Gasteiger charge is -2.23. The summed E-state index contributed by atoms with van der Waals surface area (Å²) in [4.78, 5) is 10.5. The van der Waals surface area contributed by atoms with Crippen LogP contribution in [0.3, 0.4) is 0 Å². The number of allylic oxidation sites excluding steroid dienone is 2. The molecule has 0 spiro atoms. The molecule has 0 unspecified atom stereocenters. The van der Waals surface area contributed by atoms with Gasteiger partial charge in [-0.05, 0) is 75.2 Å². The minimum absolute atomic E-state index is 0.0200. The van der Waals surface area contributed by atoms with Crippen LogP contribution >= 0.6 is 0 Å². The van der Waals surface area contributed by atoms with Crippen LogP contribution in [-0.2, 0) is 11.2 Å². The van der Waals surface area contributed by atoms with Gasteiger partial charge in [-0.25, -0.2) is 0 Å². The van der Waals surface area contributed by atoms with Crippen LogP contribution in [0.15, 0.2) is 42.5 Å². The van der Waals surface area contributed by atoms with Gasteiger partial charge in [0.1, 0.15) is 0 Å². The number of benzene rings is 1. The van der Waals surface area contributed by atoms with Gasteiger partial charge in [0.2, 0.25) is 0 Å². The lowest BCUT2D eigenvalue weighted by molar-refractivity contribution is -0.137. The highest BCUT2D eigenvalue weighted by Gasteiger charge is 2.40. The molecule has 2 rings (SSSR count). The van der Waals surface area contributed by atoms with Crippen molar-refractivity contribution >= 4 is 5.97 Å². The van der Waals surface area contributed by atoms with E-state index in [2.05, 4.69) is 24.3 Å². The van der Waals surface area contributed by atoms with Crippen molar-refractivity contribution in [3.05, 3.63) is 48.0 Å². The second kappa shape index (κ2) is 13.6. The quantitative estimate of drug-likeness (QED) is 0.269. The molecular weight excluding hydrogens is 380 g/mol. The van der Waals surface area contributed by atoms with Crippen LogP contribution in [-0.4, -0.2) is 44.7 Å². The van der Waals surface area contributed by atoms with Crippen LogP contribution < -0.4 is 0 Å². The van der Waals surface area contributed by atoms with Crippen LogP contribution in [0.5, 0.6) is 0 Å². The molecule has 0 bridgehead atoms. The van der Waals surface area contributed by atoms with Crippen molar-refractivity contribution < 1.29 is 25.2 Å². The van der Waals surface area contributed by atoms with Crippen LogP contribution in [0.1, 0.15) is 69.8 Å². The number of aliphatic hydroxyl groups is 3. The highest BCUT2D eigenvalue weighted by Crippen LogP contribution is 2.38. The predicted octanol–water partition coefficient (Wildman–Crippen LogP) is 4.10. The van der Waals surface area contributed by atoms with Crippen molar-refractivity contribution in [1.82, 2.24) is 0 Å². The van der Waals surface area contributed by atoms with Crippen molar-refractivity contribution in [2.24, 2.45) is 11.8 Å². The molecule has 0 amide bonds. The van der Waals surface area contributed by atoms with Gasteiger partial charge in [-0.1, -0.05) is 48.9 Å². The second-order valence-electron chi connectivity index (χ2n) is 8.65. The minimum Gasteiger partial charge on any atom is -0.481 e. The largest absolute Gasteiger partial charge is 0.481 e. The van der Waals surface area contributed by atoms with Crippen molar-refractivity contribution in [3.63, 3.8) is 0 Å². The third-order valence-corrected chi connectivity index (χ3v) is 6.30. The fraction of sp³-hybridized carbons (Fsp3) is 0.640. The number of carboxylic acid groups (broad SMARTS) is 1. The Bertz CT molecular complexity index is 630. The molecule has 0 aromatic heterocycles. The van der Waals surface area contributed by atoms with E-state index in [1.807, 2.05) is 18.2 Å². The van der Waals surface area contributed by atoms with E-state index in [0.29, 0.717) is 25.7 Å². The van der Waals surface area contributed by atoms with E-state index >= 15 is 0 Å². The van der Waals surface area contributed by atoms with Gasteiger partial charge in [0.25, 0.3) is 0 Å². The minimum atomic E-state index is -0.740. The van der Waals surface area contributed by atoms with E-state index in [1.54, 1.807) is 0 Å². The number of aliphatic carboxylic acids is 1. The first-order chi connectivity index (χ1) is 14.5. The average Bonchev–Trinajstić information content (AvgIpc) is 2.99. The summed E-state index contributed by atoms with van der Waals surface area (Å²) in [5.41, 5.74) is 1.22. The zero-order chi connectivity index (χ0) is 21.8. The molecule has 1 saturated carbocycles. The molecular formula is C25H38O5. The molecule has 4 N–H and O–H groups in total. The summed E-state index contributed by atoms with van der Waals surface area (Å²) in [6.45, 7) is 0. The third-order valence-electron chi connectivity index (χ3n) is 6.30. The number of aliphatic hydroxyl groups excluding tert-OH is 3. The van der Waals surface area contributed by atoms with Crippen LogP contribution in [0, 0.1) is 11.8 Å². The molecule has 1 aromatic rings. The van der Waals surface area contributed by atoms with Gasteiger partial charge in [0.05, 0.1) is 18.3 Å². The lowest BCUT2D eigenvalue weighted by atomic mass is 9.85. The van der Waals surface area contributed by atoms with Gasteiger partial charge in [-0.3, -0.25) is 4.79 Å². The molecule has 30 heavy (non-hydrogen) atoms. The molecule has 5 atom stereocenters. The summed E-state index contributed by atoms with van der Waals surface area (Å²) in [7, 11) is 0. The SMILES string of the molecule is O=C(O)CCCCC/C=C\C[C@@H]1[C@@H](CC[C@@H](O)CCc2ccccc2)[C@H](O)C[C@@H]1O. The first-order valence-corrected chi connectivity index (χ1v) is 11.4. The Morgan fingerprint density at radius 2 is 1.73 bits per heavy atom. The maximum absolute atomic E-state index is 10.5. The molecule has 168 valence electrons. The standard InChI is InChI=1S/C25H38O5/c26-20(15-14-19-10-6-5-7-11-19)16-17-22-21(23(27)18-24(22)28)12-8-3-1-2-4-9-13-25(29)30/h3,5-8,10-11,20-24,26-28H,1-2,4,9,12-18H2,(H,29,30)/b8-3-/t20-,21+,22+,23-,24+/m0/s1. The van der Waals surface area contributed by atoms with Gasteiger partial charge < -0.3 is 20.4 Å². The van der Waals surface area contributed by atoms with E-state index in [1.165, 1.54) is 5.56 Å². The Kier molecular flexibility index (Phi) is 11.1. The number of carboxylic acids is 1. The van der Waals surface area contributed by atoms with E-state index in [4.69, 9.17) is 5.11 Å². The Hall–Kier alpha value is -1.69. The van der Waals surface area contributed by atoms with Crippen LogP contribution in [0.2, 0.25) is 0 Å². The van der Waals surface area contributed by atoms with Crippen LogP contribution in [0.25, 0.3) is 0 Å². The predicted molar refractivity (Wildman–Crippen MR) is 118 cm³/mol. The number of carbonyl (C=O) groups is 1. The van der Waals surface area contributed by atoms with Crippen LogP contribution in [0.4, 0.5) is 0 Å². The van der Waals surface area contributed by atoms with Gasteiger partial charge >= 0.3 is 5.97 Å². The Balaban J connectivity index is 1.68. The third kappa shape index (κ3) is 8.99. The van der Waals surface area contributed by atoms with Crippen molar-refractivity contribution in [1.29, 1.82) is 0 Å². The molecule has 1 fully saturated rings. The zero-order valence-corrected chi connectivity index (χ0v) is 17.9. The molecule has 0 aliphatic heterocycles. The fourth-order valence-electron chi connectivity index (χ4n) is 4.50. The topological polar surface area (TPSA) is 98.0 Å². The Labute approximate surface area is 180 Å². The van der Waals surface area contributed by atoms with E-state index < -0.39 is 24.3 Å². The van der Waals surface area contributed by atoms with Crippen molar-refractivity contribution in [2.75, 3.05) is 0 Å². The number of hydrogen-bond donors (Lipinski definition) is 4. The normalized spacial score (nSPS) is 25.0. The highest BCUT2D eigenvalue weighted by molar-refractivity contribution is 5.66. The van der Waals surface area contributed by atoms with Gasteiger partial charge in [0, 0.05) is 6.42 Å². The van der Waals surface area contributed by atoms with Gasteiger partial charge in [0.15, 0.2) is 0 Å². The fourth-order valence-corrected chi connectivity index (χ4v) is 4.50. The van der Waals surface area contributed by atoms with Crippen molar-refractivity contribution in [3.8, 4) is 0 Å². The maximum Gasteiger partial charge on any atom is 0.303 e. The second-order valence-corrected chi connectivity index (χ2v) is 8.65. The molecule has 0 saturated heterocycles. The summed E-state index contributed by atoms with van der Waals surface area (Å²) >= 11 is 0. The number of unbranched alkanes of at least 4 members (excludes halogenated alkanes) is 3. The van der Waals surface area contributed by atoms with E-state index in [-0.39, 0.29) is 18.3 Å². The zero-order valence-electron chi connectivity index (χ0n) is 17.9. The first-order valence-electron chi connectivity index (χ1n) is 11.4. The molecule has 5 nitrogen and oxygen atoms in total. The van der Waals surface area contributed by atoms with E-state index in [0.717, 1.165) is 38.5 Å². The summed E-state index contributed by atoms with van der Waals surface area (Å²) in [5, 5.41) is 39.7. The number of aryl methyl sites for hydroxylation is 1. The summed E-state index contributed by atoms with van der Waals surface area (Å²) < 4.78 is 0. The average molecular weight is 419 g/mol. The monoisotopic (exact) mass is 418 g/mol. The van der Waals surface area contributed by atoms with Gasteiger partial charge in [-0.15, -0.1) is 0 Å². The first kappa shape index (κ1) is 24.6. The summed E-state index contributed by atoms with van der Waals surface area (Å²) in [5.74, 6) is -0.688. The smallest absolute Gasteiger partial charge is 0.303 e. The van der Waals surface area contributed by atoms with Gasteiger partial charge in [-0.2, -0.15) is 0 Å². The van der Waals surface area contributed by atoms with E-state index in [9.17, 15) is 20.1 Å². The number of rotatable bonds is 14. The van der Waals surface area contributed by atoms with Crippen molar-refractivity contribution in [2.45, 2.75) is 88.9 Å². The molecule has 0 radical (unpaired) electrons. The molecule has 1 aliphatic carbocycles. The summed E-state index contributed by atoms with van der Waals surface area (Å²) in [6.07, 6.45) is 10.6.